The van der Waals surface area contributed by atoms with Gasteiger partial charge in [-0.05, 0) is 6.92 Å². The van der Waals surface area contributed by atoms with Crippen LogP contribution in [0.4, 0.5) is 13.2 Å². The summed E-state index contributed by atoms with van der Waals surface area (Å²) in [5.41, 5.74) is 0.114. The first-order valence-electron chi connectivity index (χ1n) is 6.80. The van der Waals surface area contributed by atoms with E-state index in [9.17, 15) is 27.6 Å². The first-order chi connectivity index (χ1) is 10.5. The molecule has 1 aliphatic carbocycles. The highest BCUT2D eigenvalue weighted by atomic mass is 19.4. The topological polar surface area (TPSA) is 78.9 Å². The fraction of sp³-hybridized carbons (Fsp3) is 0.643. The van der Waals surface area contributed by atoms with Crippen LogP contribution in [0.3, 0.4) is 0 Å². The number of hydrogen-bond acceptors (Lipinski definition) is 6. The molecule has 0 aliphatic heterocycles. The maximum absolute atomic E-state index is 12.3. The van der Waals surface area contributed by atoms with Crippen molar-refractivity contribution < 1.29 is 41.8 Å². The maximum Gasteiger partial charge on any atom is 0.490 e. The van der Waals surface area contributed by atoms with Crippen LogP contribution < -0.4 is 0 Å². The van der Waals surface area contributed by atoms with Gasteiger partial charge in [-0.15, -0.1) is 0 Å². The van der Waals surface area contributed by atoms with Gasteiger partial charge in [-0.2, -0.15) is 13.2 Å². The number of esters is 3. The lowest BCUT2D eigenvalue weighted by Gasteiger charge is -2.33. The average Bonchev–Trinajstić information content (AvgIpc) is 2.35. The van der Waals surface area contributed by atoms with E-state index in [0.29, 0.717) is 0 Å². The highest BCUT2D eigenvalue weighted by Crippen LogP contribution is 2.29. The Hall–Kier alpha value is -2.06. The van der Waals surface area contributed by atoms with Gasteiger partial charge in [0.15, 0.2) is 0 Å². The predicted octanol–water partition coefficient (Wildman–Crippen LogP) is 2.06. The van der Waals surface area contributed by atoms with Crippen molar-refractivity contribution in [1.29, 1.82) is 0 Å². The molecule has 3 unspecified atom stereocenters. The Balaban J connectivity index is 2.77. The molecule has 9 heteroatoms. The fourth-order valence-electron chi connectivity index (χ4n) is 2.16. The number of carbonyl (C=O) groups is 3. The Labute approximate surface area is 130 Å². The molecule has 0 aromatic heterocycles. The van der Waals surface area contributed by atoms with Gasteiger partial charge in [-0.3, -0.25) is 4.79 Å². The molecule has 0 saturated heterocycles. The molecule has 0 spiro atoms. The van der Waals surface area contributed by atoms with Crippen molar-refractivity contribution in [2.24, 2.45) is 0 Å². The first-order valence-corrected chi connectivity index (χ1v) is 6.80. The van der Waals surface area contributed by atoms with E-state index in [-0.39, 0.29) is 24.8 Å². The molecule has 0 heterocycles. The third-order valence-corrected chi connectivity index (χ3v) is 3.04. The van der Waals surface area contributed by atoms with Crippen molar-refractivity contribution in [3.05, 3.63) is 12.2 Å². The molecule has 0 aromatic carbocycles. The van der Waals surface area contributed by atoms with Crippen LogP contribution in [0.15, 0.2) is 12.2 Å². The SMILES string of the molecule is C=C(C)C(=O)OC1CC(OC(C)=O)CC(OC(=O)C(F)(F)F)C1. The van der Waals surface area contributed by atoms with Gasteiger partial charge in [0.05, 0.1) is 0 Å². The van der Waals surface area contributed by atoms with Gasteiger partial charge in [0, 0.05) is 31.8 Å². The minimum atomic E-state index is -5.13. The summed E-state index contributed by atoms with van der Waals surface area (Å²) in [6.45, 7) is 5.95. The molecular weight excluding hydrogens is 321 g/mol. The lowest BCUT2D eigenvalue weighted by molar-refractivity contribution is -0.210. The van der Waals surface area contributed by atoms with Crippen molar-refractivity contribution in [2.75, 3.05) is 0 Å². The van der Waals surface area contributed by atoms with E-state index in [1.54, 1.807) is 0 Å². The quantitative estimate of drug-likeness (QED) is 0.443. The molecule has 0 aromatic rings. The normalized spacial score (nSPS) is 24.5. The van der Waals surface area contributed by atoms with Crippen molar-refractivity contribution in [3.63, 3.8) is 0 Å². The zero-order valence-corrected chi connectivity index (χ0v) is 12.6. The number of ether oxygens (including phenoxy) is 3. The lowest BCUT2D eigenvalue weighted by Crippen LogP contribution is -2.41. The molecule has 0 N–H and O–H groups in total. The van der Waals surface area contributed by atoms with Gasteiger partial charge >= 0.3 is 24.1 Å². The van der Waals surface area contributed by atoms with Crippen LogP contribution in [0, 0.1) is 0 Å². The molecule has 23 heavy (non-hydrogen) atoms. The monoisotopic (exact) mass is 338 g/mol. The Morgan fingerprint density at radius 2 is 1.35 bits per heavy atom. The zero-order valence-electron chi connectivity index (χ0n) is 12.6. The van der Waals surface area contributed by atoms with Crippen molar-refractivity contribution >= 4 is 17.9 Å². The smallest absolute Gasteiger partial charge is 0.462 e. The van der Waals surface area contributed by atoms with Crippen LogP contribution in [0.5, 0.6) is 0 Å². The minimum Gasteiger partial charge on any atom is -0.462 e. The van der Waals surface area contributed by atoms with Crippen LogP contribution in [0.1, 0.15) is 33.1 Å². The average molecular weight is 338 g/mol. The largest absolute Gasteiger partial charge is 0.490 e. The van der Waals surface area contributed by atoms with E-state index < -0.39 is 42.4 Å². The van der Waals surface area contributed by atoms with Gasteiger partial charge < -0.3 is 14.2 Å². The second-order valence-electron chi connectivity index (χ2n) is 5.27. The van der Waals surface area contributed by atoms with Gasteiger partial charge in [0.2, 0.25) is 0 Å². The minimum absolute atomic E-state index is 0.0947. The summed E-state index contributed by atoms with van der Waals surface area (Å²) in [6, 6.07) is 0. The molecule has 130 valence electrons. The predicted molar refractivity (Wildman–Crippen MR) is 70.0 cm³/mol. The third kappa shape index (κ3) is 6.29. The summed E-state index contributed by atoms with van der Waals surface area (Å²) in [7, 11) is 0. The molecule has 1 fully saturated rings. The van der Waals surface area contributed by atoms with E-state index in [0.717, 1.165) is 6.92 Å². The second-order valence-corrected chi connectivity index (χ2v) is 5.27. The van der Waals surface area contributed by atoms with E-state index in [1.807, 2.05) is 0 Å². The van der Waals surface area contributed by atoms with E-state index >= 15 is 0 Å². The first kappa shape index (κ1) is 19.0. The standard InChI is InChI=1S/C14H17F3O6/c1-7(2)12(19)22-10-4-9(21-8(3)18)5-11(6-10)23-13(20)14(15,16)17/h9-11H,1,4-6H2,2-3H3. The summed E-state index contributed by atoms with van der Waals surface area (Å²) in [5, 5.41) is 0. The summed E-state index contributed by atoms with van der Waals surface area (Å²) in [5.74, 6) is -3.70. The molecule has 0 bridgehead atoms. The highest BCUT2D eigenvalue weighted by Gasteiger charge is 2.44. The second kappa shape index (κ2) is 7.47. The molecular formula is C14H17F3O6. The molecule has 3 atom stereocenters. The van der Waals surface area contributed by atoms with Gasteiger partial charge in [0.1, 0.15) is 18.3 Å². The fourth-order valence-corrected chi connectivity index (χ4v) is 2.16. The lowest BCUT2D eigenvalue weighted by atomic mass is 9.92. The molecule has 1 aliphatic rings. The summed E-state index contributed by atoms with van der Waals surface area (Å²) in [6.07, 6.45) is -8.05. The van der Waals surface area contributed by atoms with Crippen LogP contribution in [0.25, 0.3) is 0 Å². The van der Waals surface area contributed by atoms with Crippen LogP contribution in [0.2, 0.25) is 0 Å². The van der Waals surface area contributed by atoms with E-state index in [1.165, 1.54) is 6.92 Å². The van der Waals surface area contributed by atoms with E-state index in [2.05, 4.69) is 11.3 Å². The Bertz CT molecular complexity index is 499. The number of rotatable bonds is 4. The highest BCUT2D eigenvalue weighted by molar-refractivity contribution is 5.87. The zero-order chi connectivity index (χ0) is 17.8. The van der Waals surface area contributed by atoms with Crippen LogP contribution in [-0.2, 0) is 28.6 Å². The molecule has 1 rings (SSSR count). The van der Waals surface area contributed by atoms with Crippen molar-refractivity contribution in [3.8, 4) is 0 Å². The number of alkyl halides is 3. The molecule has 0 amide bonds. The van der Waals surface area contributed by atoms with Crippen LogP contribution >= 0.6 is 0 Å². The van der Waals surface area contributed by atoms with Crippen molar-refractivity contribution in [2.45, 2.75) is 57.6 Å². The van der Waals surface area contributed by atoms with Crippen molar-refractivity contribution in [1.82, 2.24) is 0 Å². The van der Waals surface area contributed by atoms with Gasteiger partial charge in [-0.1, -0.05) is 6.58 Å². The molecule has 6 nitrogen and oxygen atoms in total. The number of halogens is 3. The Morgan fingerprint density at radius 3 is 1.74 bits per heavy atom. The number of hydrogen-bond donors (Lipinski definition) is 0. The summed E-state index contributed by atoms with van der Waals surface area (Å²) in [4.78, 5) is 33.4. The maximum atomic E-state index is 12.3. The number of carbonyl (C=O) groups excluding carboxylic acids is 3. The van der Waals surface area contributed by atoms with E-state index in [4.69, 9.17) is 9.47 Å². The van der Waals surface area contributed by atoms with Gasteiger partial charge in [-0.25, -0.2) is 9.59 Å². The summed E-state index contributed by atoms with van der Waals surface area (Å²) < 4.78 is 51.2. The third-order valence-electron chi connectivity index (χ3n) is 3.04. The molecule has 1 saturated carbocycles. The van der Waals surface area contributed by atoms with Crippen LogP contribution in [-0.4, -0.2) is 42.4 Å². The Kier molecular flexibility index (Phi) is 6.17. The Morgan fingerprint density at radius 1 is 0.913 bits per heavy atom. The summed E-state index contributed by atoms with van der Waals surface area (Å²) >= 11 is 0. The molecule has 0 radical (unpaired) electrons. The van der Waals surface area contributed by atoms with Gasteiger partial charge in [0.25, 0.3) is 0 Å².